The van der Waals surface area contributed by atoms with Crippen molar-refractivity contribution >= 4 is 6.29 Å². The lowest BCUT2D eigenvalue weighted by Crippen LogP contribution is -2.56. The Morgan fingerprint density at radius 2 is 1.79 bits per heavy atom. The molecule has 0 radical (unpaired) electrons. The Morgan fingerprint density at radius 1 is 1.09 bits per heavy atom. The molecule has 1 aliphatic rings. The number of hydrogen-bond acceptors (Lipinski definition) is 4. The van der Waals surface area contributed by atoms with Crippen molar-refractivity contribution in [3.8, 4) is 0 Å². The average molecular weight is 473 g/mol. The van der Waals surface area contributed by atoms with Gasteiger partial charge in [-0.2, -0.15) is 0 Å². The molecule has 192 valence electrons. The third-order valence-corrected chi connectivity index (χ3v) is 7.55. The summed E-state index contributed by atoms with van der Waals surface area (Å²) in [5.74, 6) is -0.130. The van der Waals surface area contributed by atoms with E-state index >= 15 is 0 Å². The number of hydrogen-bond donors (Lipinski definition) is 3. The monoisotopic (exact) mass is 472 g/mol. The van der Waals surface area contributed by atoms with E-state index in [0.29, 0.717) is 37.7 Å². The van der Waals surface area contributed by atoms with E-state index in [9.17, 15) is 20.1 Å². The van der Waals surface area contributed by atoms with Gasteiger partial charge in [0.1, 0.15) is 6.29 Å². The molecule has 1 saturated carbocycles. The molecular weight excluding hydrogens is 424 g/mol. The lowest BCUT2D eigenvalue weighted by molar-refractivity contribution is -0.146. The van der Waals surface area contributed by atoms with Crippen molar-refractivity contribution in [1.82, 2.24) is 0 Å². The molecule has 0 aromatic rings. The summed E-state index contributed by atoms with van der Waals surface area (Å²) >= 11 is 0. The molecule has 1 rings (SSSR count). The lowest BCUT2D eigenvalue weighted by atomic mass is 9.53. The van der Waals surface area contributed by atoms with Crippen LogP contribution in [0.15, 0.2) is 58.2 Å². The predicted octanol–water partition coefficient (Wildman–Crippen LogP) is 6.39. The van der Waals surface area contributed by atoms with Gasteiger partial charge in [-0.05, 0) is 104 Å². The Bertz CT molecular complexity index is 806. The van der Waals surface area contributed by atoms with Crippen molar-refractivity contribution in [3.05, 3.63) is 58.2 Å². The minimum absolute atomic E-state index is 0.0542. The van der Waals surface area contributed by atoms with E-state index < -0.39 is 11.0 Å². The molecule has 4 nitrogen and oxygen atoms in total. The van der Waals surface area contributed by atoms with Crippen LogP contribution in [0.25, 0.3) is 0 Å². The van der Waals surface area contributed by atoms with Crippen molar-refractivity contribution in [1.29, 1.82) is 0 Å². The van der Waals surface area contributed by atoms with Gasteiger partial charge in [-0.1, -0.05) is 52.7 Å². The number of carbonyl (C=O) groups is 1. The van der Waals surface area contributed by atoms with Crippen LogP contribution >= 0.6 is 0 Å². The zero-order chi connectivity index (χ0) is 25.8. The fourth-order valence-corrected chi connectivity index (χ4v) is 5.27. The highest BCUT2D eigenvalue weighted by atomic mass is 16.3. The number of rotatable bonds is 13. The van der Waals surface area contributed by atoms with Crippen molar-refractivity contribution in [2.75, 3.05) is 13.2 Å². The molecule has 0 aromatic heterocycles. The minimum Gasteiger partial charge on any atom is -0.396 e. The Labute approximate surface area is 207 Å². The minimum atomic E-state index is -1.04. The smallest absolute Gasteiger partial charge is 0.145 e. The fourth-order valence-electron chi connectivity index (χ4n) is 5.27. The van der Waals surface area contributed by atoms with Crippen molar-refractivity contribution in [2.24, 2.45) is 11.3 Å². The van der Waals surface area contributed by atoms with Crippen LogP contribution in [0.1, 0.15) is 92.9 Å². The highest BCUT2D eigenvalue weighted by molar-refractivity contribution is 5.74. The first kappa shape index (κ1) is 30.3. The standard InChI is InChI=1S/C30H48O4/c1-23(2)11-7-12-24(3)13-8-14-25(4)15-9-18-30(22-33)28(16-10-20-31)27(26(5)21-32)17-19-29(30,6)34/h8,11,13-15,21,28,31,33-34H,7,9-10,12,16-20,22H2,1-6H3/b14-8-,24-13+,25-15+,27-26-/t28-,29+,30-/m1/s1. The van der Waals surface area contributed by atoms with Crippen LogP contribution in [-0.4, -0.2) is 40.4 Å². The zero-order valence-electron chi connectivity index (χ0n) is 22.4. The Balaban J connectivity index is 3.03. The average Bonchev–Trinajstić information content (AvgIpc) is 2.78. The maximum atomic E-state index is 11.6. The van der Waals surface area contributed by atoms with Crippen LogP contribution in [0.4, 0.5) is 0 Å². The second-order valence-electron chi connectivity index (χ2n) is 10.5. The van der Waals surface area contributed by atoms with Gasteiger partial charge in [-0.25, -0.2) is 0 Å². The maximum absolute atomic E-state index is 11.6. The van der Waals surface area contributed by atoms with Gasteiger partial charge in [0.2, 0.25) is 0 Å². The molecule has 3 atom stereocenters. The second kappa shape index (κ2) is 14.6. The molecule has 1 fully saturated rings. The normalized spacial score (nSPS) is 27.7. The Hall–Kier alpha value is -1.75. The second-order valence-corrected chi connectivity index (χ2v) is 10.5. The van der Waals surface area contributed by atoms with Gasteiger partial charge in [0, 0.05) is 12.0 Å². The largest absolute Gasteiger partial charge is 0.396 e. The van der Waals surface area contributed by atoms with E-state index in [1.54, 1.807) is 0 Å². The molecule has 34 heavy (non-hydrogen) atoms. The topological polar surface area (TPSA) is 77.8 Å². The molecule has 0 saturated heterocycles. The molecule has 1 aliphatic carbocycles. The van der Waals surface area contributed by atoms with Gasteiger partial charge in [0.15, 0.2) is 0 Å². The van der Waals surface area contributed by atoms with Crippen LogP contribution in [0.2, 0.25) is 0 Å². The lowest BCUT2D eigenvalue weighted by Gasteiger charge is -2.54. The summed E-state index contributed by atoms with van der Waals surface area (Å²) in [6.07, 6.45) is 17.5. The summed E-state index contributed by atoms with van der Waals surface area (Å²) in [4.78, 5) is 11.6. The van der Waals surface area contributed by atoms with Crippen molar-refractivity contribution < 1.29 is 20.1 Å². The SMILES string of the molecule is CC(C)=CCC/C(C)=C/C=C\C(C)=C\CC[C@@]1(CO)[C@H](CCCO)/C(=C(/C)C=O)CC[C@]1(C)O. The number of aliphatic hydroxyl groups excluding tert-OH is 2. The van der Waals surface area contributed by atoms with Gasteiger partial charge in [0.05, 0.1) is 12.2 Å². The fraction of sp³-hybridized carbons (Fsp3) is 0.633. The quantitative estimate of drug-likeness (QED) is 0.126. The summed E-state index contributed by atoms with van der Waals surface area (Å²) in [6, 6.07) is 0. The van der Waals surface area contributed by atoms with Crippen molar-refractivity contribution in [2.45, 2.75) is 98.5 Å². The zero-order valence-corrected chi connectivity index (χ0v) is 22.4. The van der Waals surface area contributed by atoms with E-state index in [4.69, 9.17) is 0 Å². The Kier molecular flexibility index (Phi) is 13.0. The van der Waals surface area contributed by atoms with Crippen LogP contribution < -0.4 is 0 Å². The third kappa shape index (κ3) is 8.48. The molecule has 0 aliphatic heterocycles. The van der Waals surface area contributed by atoms with E-state index in [1.165, 1.54) is 11.1 Å². The van der Waals surface area contributed by atoms with Gasteiger partial charge in [-0.15, -0.1) is 0 Å². The van der Waals surface area contributed by atoms with Gasteiger partial charge in [0.25, 0.3) is 0 Å². The van der Waals surface area contributed by atoms with Crippen LogP contribution in [-0.2, 0) is 4.79 Å². The molecule has 4 heteroatoms. The van der Waals surface area contributed by atoms with Crippen LogP contribution in [0.3, 0.4) is 0 Å². The Morgan fingerprint density at radius 3 is 2.38 bits per heavy atom. The van der Waals surface area contributed by atoms with Gasteiger partial charge >= 0.3 is 0 Å². The number of aliphatic hydroxyl groups is 3. The first-order valence-electron chi connectivity index (χ1n) is 12.8. The molecular formula is C30H48O4. The van der Waals surface area contributed by atoms with Crippen LogP contribution in [0, 0.1) is 11.3 Å². The maximum Gasteiger partial charge on any atom is 0.145 e. The molecule has 0 heterocycles. The first-order valence-corrected chi connectivity index (χ1v) is 12.8. The van der Waals surface area contributed by atoms with E-state index in [0.717, 1.165) is 36.7 Å². The highest BCUT2D eigenvalue weighted by Crippen LogP contribution is 2.55. The number of allylic oxidation sites excluding steroid dienone is 10. The van der Waals surface area contributed by atoms with E-state index in [2.05, 4.69) is 58.1 Å². The van der Waals surface area contributed by atoms with E-state index in [1.807, 2.05) is 13.8 Å². The molecule has 0 unspecified atom stereocenters. The molecule has 0 amide bonds. The predicted molar refractivity (Wildman–Crippen MR) is 143 cm³/mol. The summed E-state index contributed by atoms with van der Waals surface area (Å²) in [5, 5.41) is 31.5. The molecule has 0 bridgehead atoms. The summed E-state index contributed by atoms with van der Waals surface area (Å²) in [7, 11) is 0. The van der Waals surface area contributed by atoms with Gasteiger partial charge < -0.3 is 15.3 Å². The van der Waals surface area contributed by atoms with Crippen LogP contribution in [0.5, 0.6) is 0 Å². The highest BCUT2D eigenvalue weighted by Gasteiger charge is 2.54. The third-order valence-electron chi connectivity index (χ3n) is 7.55. The van der Waals surface area contributed by atoms with Crippen molar-refractivity contribution in [3.63, 3.8) is 0 Å². The summed E-state index contributed by atoms with van der Waals surface area (Å²) < 4.78 is 0. The number of carbonyl (C=O) groups excluding carboxylic acids is 1. The first-order chi connectivity index (χ1) is 16.0. The summed E-state index contributed by atoms with van der Waals surface area (Å²) in [6.45, 7) is 12.0. The summed E-state index contributed by atoms with van der Waals surface area (Å²) in [5.41, 5.74) is 3.76. The molecule has 0 spiro atoms. The van der Waals surface area contributed by atoms with Gasteiger partial charge in [-0.3, -0.25) is 4.79 Å². The van der Waals surface area contributed by atoms with E-state index in [-0.39, 0.29) is 19.1 Å². The molecule has 3 N–H and O–H groups in total. The number of aldehydes is 1. The molecule has 0 aromatic carbocycles.